The molecule has 0 saturated heterocycles. The predicted octanol–water partition coefficient (Wildman–Crippen LogP) is 1.10. The summed E-state index contributed by atoms with van der Waals surface area (Å²) in [6, 6.07) is 0. The van der Waals surface area contributed by atoms with Crippen molar-refractivity contribution in [3.05, 3.63) is 12.4 Å². The maximum atomic E-state index is 12.3. The molecular weight excluding hydrogens is 276 g/mol. The number of sulfonamides is 1. The summed E-state index contributed by atoms with van der Waals surface area (Å²) in [5, 5.41) is 7.35. The van der Waals surface area contributed by atoms with Crippen LogP contribution in [0.5, 0.6) is 0 Å². The molecule has 114 valence electrons. The van der Waals surface area contributed by atoms with Gasteiger partial charge in [-0.1, -0.05) is 6.92 Å². The first-order valence-corrected chi connectivity index (χ1v) is 8.71. The number of aromatic nitrogens is 2. The van der Waals surface area contributed by atoms with Crippen molar-refractivity contribution in [1.82, 2.24) is 19.8 Å². The fraction of sp³-hybridized carbons (Fsp3) is 0.769. The molecule has 1 saturated carbocycles. The van der Waals surface area contributed by atoms with Gasteiger partial charge in [0.05, 0.1) is 6.20 Å². The van der Waals surface area contributed by atoms with Gasteiger partial charge in [-0.05, 0) is 45.7 Å². The Morgan fingerprint density at radius 2 is 2.20 bits per heavy atom. The minimum atomic E-state index is -3.44. The average Bonchev–Trinajstić information content (AvgIpc) is 2.82. The highest BCUT2D eigenvalue weighted by Gasteiger charge is 2.36. The Hall–Kier alpha value is -0.920. The van der Waals surface area contributed by atoms with Crippen molar-refractivity contribution in [2.75, 3.05) is 13.1 Å². The molecule has 1 fully saturated rings. The Morgan fingerprint density at radius 3 is 2.80 bits per heavy atom. The maximum absolute atomic E-state index is 12.3. The number of rotatable bonds is 8. The Morgan fingerprint density at radius 1 is 1.45 bits per heavy atom. The zero-order valence-corrected chi connectivity index (χ0v) is 13.0. The highest BCUT2D eigenvalue weighted by molar-refractivity contribution is 7.89. The molecule has 0 radical (unpaired) electrons. The molecule has 2 N–H and O–H groups in total. The molecule has 2 rings (SSSR count). The third-order valence-corrected chi connectivity index (χ3v) is 5.34. The van der Waals surface area contributed by atoms with E-state index in [1.165, 1.54) is 6.20 Å². The van der Waals surface area contributed by atoms with Crippen molar-refractivity contribution in [1.29, 1.82) is 0 Å². The second kappa shape index (κ2) is 6.24. The van der Waals surface area contributed by atoms with E-state index in [4.69, 9.17) is 0 Å². The zero-order valence-electron chi connectivity index (χ0n) is 12.2. The van der Waals surface area contributed by atoms with Gasteiger partial charge in [0.1, 0.15) is 4.90 Å². The third-order valence-electron chi connectivity index (χ3n) is 3.75. The number of hydrogen-bond donors (Lipinski definition) is 2. The van der Waals surface area contributed by atoms with Crippen LogP contribution in [0.1, 0.15) is 39.5 Å². The van der Waals surface area contributed by atoms with E-state index in [0.717, 1.165) is 45.3 Å². The van der Waals surface area contributed by atoms with Gasteiger partial charge in [0, 0.05) is 18.3 Å². The summed E-state index contributed by atoms with van der Waals surface area (Å²) in [5.41, 5.74) is -0.272. The maximum Gasteiger partial charge on any atom is 0.244 e. The zero-order chi connectivity index (χ0) is 14.6. The lowest BCUT2D eigenvalue weighted by Crippen LogP contribution is -2.50. The van der Waals surface area contributed by atoms with Crippen molar-refractivity contribution in [3.8, 4) is 0 Å². The van der Waals surface area contributed by atoms with Gasteiger partial charge in [0.25, 0.3) is 0 Å². The molecule has 7 heteroatoms. The number of aryl methyl sites for hydroxylation is 1. The van der Waals surface area contributed by atoms with Gasteiger partial charge in [0.15, 0.2) is 0 Å². The largest absolute Gasteiger partial charge is 0.317 e. The molecule has 0 aromatic carbocycles. The highest BCUT2D eigenvalue weighted by Crippen LogP contribution is 2.32. The van der Waals surface area contributed by atoms with Crippen molar-refractivity contribution < 1.29 is 8.42 Å². The first-order valence-electron chi connectivity index (χ1n) is 7.22. The normalized spacial score (nSPS) is 17.9. The second-order valence-electron chi connectivity index (χ2n) is 5.67. The first-order chi connectivity index (χ1) is 9.45. The molecule has 20 heavy (non-hydrogen) atoms. The van der Waals surface area contributed by atoms with Gasteiger partial charge in [-0.25, -0.2) is 13.1 Å². The molecule has 0 amide bonds. The molecule has 1 aromatic rings. The number of nitrogens with zero attached hydrogens (tertiary/aromatic N) is 2. The van der Waals surface area contributed by atoms with Crippen molar-refractivity contribution in [3.63, 3.8) is 0 Å². The molecule has 0 atom stereocenters. The molecule has 0 aliphatic heterocycles. The smallest absolute Gasteiger partial charge is 0.244 e. The molecule has 6 nitrogen and oxygen atoms in total. The summed E-state index contributed by atoms with van der Waals surface area (Å²) in [4.78, 5) is 0.258. The van der Waals surface area contributed by atoms with Crippen LogP contribution < -0.4 is 10.0 Å². The summed E-state index contributed by atoms with van der Waals surface area (Å²) >= 11 is 0. The molecule has 1 aliphatic rings. The van der Waals surface area contributed by atoms with Crippen LogP contribution in [-0.4, -0.2) is 36.8 Å². The van der Waals surface area contributed by atoms with Crippen LogP contribution in [0.2, 0.25) is 0 Å². The molecule has 1 heterocycles. The minimum absolute atomic E-state index is 0.258. The molecule has 0 bridgehead atoms. The van der Waals surface area contributed by atoms with Gasteiger partial charge in [-0.3, -0.25) is 4.68 Å². The van der Waals surface area contributed by atoms with Crippen molar-refractivity contribution in [2.45, 2.75) is 56.5 Å². The third kappa shape index (κ3) is 3.80. The van der Waals surface area contributed by atoms with Crippen LogP contribution in [0, 0.1) is 0 Å². The lowest BCUT2D eigenvalue weighted by molar-refractivity contribution is 0.248. The Kier molecular flexibility index (Phi) is 4.82. The number of hydrogen-bond acceptors (Lipinski definition) is 4. The van der Waals surface area contributed by atoms with Crippen LogP contribution in [0.15, 0.2) is 17.3 Å². The van der Waals surface area contributed by atoms with E-state index in [0.29, 0.717) is 0 Å². The highest BCUT2D eigenvalue weighted by atomic mass is 32.2. The topological polar surface area (TPSA) is 76.0 Å². The quantitative estimate of drug-likeness (QED) is 0.705. The number of nitrogens with one attached hydrogen (secondary N) is 2. The summed E-state index contributed by atoms with van der Waals surface area (Å²) in [6.45, 7) is 6.59. The van der Waals surface area contributed by atoms with Crippen LogP contribution in [0.4, 0.5) is 0 Å². The monoisotopic (exact) mass is 300 g/mol. The Labute approximate surface area is 121 Å². The standard InChI is InChI=1S/C13H24N4O2S/c1-3-14-8-5-9-17-11-12(10-15-17)20(18,19)16-13(2)6-4-7-13/h10-11,14,16H,3-9H2,1-2H3. The van der Waals surface area contributed by atoms with Crippen LogP contribution in [0.3, 0.4) is 0 Å². The minimum Gasteiger partial charge on any atom is -0.317 e. The SMILES string of the molecule is CCNCCCn1cc(S(=O)(=O)NC2(C)CCC2)cn1. The summed E-state index contributed by atoms with van der Waals surface area (Å²) in [7, 11) is -3.44. The van der Waals surface area contributed by atoms with Gasteiger partial charge >= 0.3 is 0 Å². The lowest BCUT2D eigenvalue weighted by atomic mass is 9.80. The van der Waals surface area contributed by atoms with Gasteiger partial charge in [0.2, 0.25) is 10.0 Å². The summed E-state index contributed by atoms with van der Waals surface area (Å²) in [6.07, 6.45) is 6.86. The van der Waals surface area contributed by atoms with Crippen molar-refractivity contribution in [2.24, 2.45) is 0 Å². The van der Waals surface area contributed by atoms with Gasteiger partial charge < -0.3 is 5.32 Å². The van der Waals surface area contributed by atoms with Crippen molar-refractivity contribution >= 4 is 10.0 Å². The van der Waals surface area contributed by atoms with E-state index >= 15 is 0 Å². The van der Waals surface area contributed by atoms with Crippen LogP contribution in [0.25, 0.3) is 0 Å². The van der Waals surface area contributed by atoms with E-state index < -0.39 is 10.0 Å². The molecule has 1 aliphatic carbocycles. The van der Waals surface area contributed by atoms with Gasteiger partial charge in [-0.2, -0.15) is 5.10 Å². The molecule has 0 unspecified atom stereocenters. The lowest BCUT2D eigenvalue weighted by Gasteiger charge is -2.38. The average molecular weight is 300 g/mol. The van der Waals surface area contributed by atoms with E-state index in [-0.39, 0.29) is 10.4 Å². The van der Waals surface area contributed by atoms with E-state index in [2.05, 4.69) is 22.1 Å². The van der Waals surface area contributed by atoms with E-state index in [1.807, 2.05) is 6.92 Å². The molecule has 0 spiro atoms. The fourth-order valence-electron chi connectivity index (χ4n) is 2.34. The summed E-state index contributed by atoms with van der Waals surface area (Å²) in [5.74, 6) is 0. The predicted molar refractivity (Wildman–Crippen MR) is 78.0 cm³/mol. The molecule has 1 aromatic heterocycles. The first kappa shape index (κ1) is 15.5. The Balaban J connectivity index is 1.93. The van der Waals surface area contributed by atoms with Gasteiger partial charge in [-0.15, -0.1) is 0 Å². The van der Waals surface area contributed by atoms with E-state index in [9.17, 15) is 8.42 Å². The molecular formula is C13H24N4O2S. The Bertz CT molecular complexity index is 534. The van der Waals surface area contributed by atoms with E-state index in [1.54, 1.807) is 10.9 Å². The van der Waals surface area contributed by atoms with Crippen LogP contribution in [-0.2, 0) is 16.6 Å². The van der Waals surface area contributed by atoms with Crippen LogP contribution >= 0.6 is 0 Å². The fourth-order valence-corrected chi connectivity index (χ4v) is 3.76. The second-order valence-corrected chi connectivity index (χ2v) is 7.35. The summed E-state index contributed by atoms with van der Waals surface area (Å²) < 4.78 is 29.0.